The molecule has 0 aliphatic heterocycles. The zero-order valence-corrected chi connectivity index (χ0v) is 10.7. The third-order valence-corrected chi connectivity index (χ3v) is 4.74. The largest absolute Gasteiger partial charge is 0.324 e. The van der Waals surface area contributed by atoms with Crippen molar-refractivity contribution in [2.45, 2.75) is 36.6 Å². The highest BCUT2D eigenvalue weighted by atomic mass is 79.9. The minimum atomic E-state index is 0.0461. The maximum Gasteiger partial charge on any atom is 0.0455 e. The summed E-state index contributed by atoms with van der Waals surface area (Å²) in [6.07, 6.45) is 4.70. The van der Waals surface area contributed by atoms with Crippen molar-refractivity contribution in [2.24, 2.45) is 5.73 Å². The number of benzene rings is 1. The van der Waals surface area contributed by atoms with Crippen LogP contribution in [-0.4, -0.2) is 5.54 Å². The molecule has 2 aliphatic rings. The second kappa shape index (κ2) is 2.99. The van der Waals surface area contributed by atoms with E-state index in [0.29, 0.717) is 0 Å². The lowest BCUT2D eigenvalue weighted by atomic mass is 9.86. The van der Waals surface area contributed by atoms with Gasteiger partial charge in [0.15, 0.2) is 0 Å². The molecule has 2 N–H and O–H groups in total. The second-order valence-corrected chi connectivity index (χ2v) is 6.19. The van der Waals surface area contributed by atoms with Crippen LogP contribution in [0.1, 0.15) is 31.2 Å². The average Bonchev–Trinajstić information content (AvgIpc) is 3.01. The summed E-state index contributed by atoms with van der Waals surface area (Å²) in [6.45, 7) is 0. The molecule has 1 nitrogen and oxygen atoms in total. The molecule has 0 atom stereocenters. The maximum absolute atomic E-state index is 6.36. The quantitative estimate of drug-likeness (QED) is 0.883. The fourth-order valence-electron chi connectivity index (χ4n) is 2.65. The number of halogens is 2. The summed E-state index contributed by atoms with van der Waals surface area (Å²) >= 11 is 9.74. The molecule has 0 amide bonds. The van der Waals surface area contributed by atoms with E-state index in [2.05, 4.69) is 28.1 Å². The van der Waals surface area contributed by atoms with E-state index < -0.39 is 0 Å². The van der Waals surface area contributed by atoms with Crippen LogP contribution < -0.4 is 5.73 Å². The molecular weight excluding hydrogens is 273 g/mol. The maximum atomic E-state index is 6.36. The topological polar surface area (TPSA) is 26.0 Å². The molecule has 0 radical (unpaired) electrons. The van der Waals surface area contributed by atoms with Crippen molar-refractivity contribution in [3.63, 3.8) is 0 Å². The first kappa shape index (κ1) is 10.1. The first-order valence-electron chi connectivity index (χ1n) is 5.32. The molecule has 2 fully saturated rings. The van der Waals surface area contributed by atoms with Crippen LogP contribution in [0.2, 0.25) is 5.02 Å². The highest BCUT2D eigenvalue weighted by Crippen LogP contribution is 2.64. The molecule has 1 aromatic rings. The molecule has 0 bridgehead atoms. The number of hydrogen-bond donors (Lipinski definition) is 1. The summed E-state index contributed by atoms with van der Waals surface area (Å²) < 4.78 is 1.04. The first-order chi connectivity index (χ1) is 7.07. The fourth-order valence-corrected chi connectivity index (χ4v) is 3.51. The molecule has 0 aromatic heterocycles. The molecule has 2 saturated carbocycles. The summed E-state index contributed by atoms with van der Waals surface area (Å²) in [4.78, 5) is 0. The van der Waals surface area contributed by atoms with Gasteiger partial charge in [0.1, 0.15) is 0 Å². The molecule has 3 heteroatoms. The van der Waals surface area contributed by atoms with E-state index in [1.165, 1.54) is 18.4 Å². The Balaban J connectivity index is 2.06. The van der Waals surface area contributed by atoms with Gasteiger partial charge in [-0.05, 0) is 43.4 Å². The van der Waals surface area contributed by atoms with E-state index in [9.17, 15) is 0 Å². The second-order valence-electron chi connectivity index (χ2n) is 4.86. The molecule has 0 heterocycles. The highest BCUT2D eigenvalue weighted by molar-refractivity contribution is 9.10. The summed E-state index contributed by atoms with van der Waals surface area (Å²) in [7, 11) is 0. The smallest absolute Gasteiger partial charge is 0.0455 e. The van der Waals surface area contributed by atoms with E-state index in [1.807, 2.05) is 6.07 Å². The SMILES string of the molecule is NC1(C2(c3ccc(Br)cc3Cl)CC2)CC1. The monoisotopic (exact) mass is 285 g/mol. The van der Waals surface area contributed by atoms with Gasteiger partial charge in [-0.15, -0.1) is 0 Å². The zero-order valence-electron chi connectivity index (χ0n) is 8.39. The lowest BCUT2D eigenvalue weighted by molar-refractivity contribution is 0.503. The molecule has 3 rings (SSSR count). The van der Waals surface area contributed by atoms with Crippen LogP contribution in [-0.2, 0) is 5.41 Å². The van der Waals surface area contributed by atoms with Crippen LogP contribution in [0.4, 0.5) is 0 Å². The number of hydrogen-bond acceptors (Lipinski definition) is 1. The Bertz CT molecular complexity index is 422. The van der Waals surface area contributed by atoms with Gasteiger partial charge < -0.3 is 5.73 Å². The third kappa shape index (κ3) is 1.38. The molecule has 2 aliphatic carbocycles. The lowest BCUT2D eigenvalue weighted by Gasteiger charge is -2.24. The minimum absolute atomic E-state index is 0.0461. The Morgan fingerprint density at radius 3 is 2.33 bits per heavy atom. The van der Waals surface area contributed by atoms with Crippen molar-refractivity contribution in [3.05, 3.63) is 33.3 Å². The Labute approximate surface area is 103 Å². The zero-order chi connectivity index (χ0) is 10.7. The van der Waals surface area contributed by atoms with Crippen LogP contribution in [0.15, 0.2) is 22.7 Å². The fraction of sp³-hybridized carbons (Fsp3) is 0.500. The van der Waals surface area contributed by atoms with Gasteiger partial charge in [0.25, 0.3) is 0 Å². The van der Waals surface area contributed by atoms with Gasteiger partial charge in [0.05, 0.1) is 0 Å². The van der Waals surface area contributed by atoms with Gasteiger partial charge in [-0.3, -0.25) is 0 Å². The van der Waals surface area contributed by atoms with Crippen LogP contribution in [0.3, 0.4) is 0 Å². The Kier molecular flexibility index (Phi) is 2.02. The van der Waals surface area contributed by atoms with Crippen molar-refractivity contribution in [2.75, 3.05) is 0 Å². The van der Waals surface area contributed by atoms with E-state index >= 15 is 0 Å². The molecule has 0 unspecified atom stereocenters. The molecular formula is C12H13BrClN. The minimum Gasteiger partial charge on any atom is -0.324 e. The van der Waals surface area contributed by atoms with Gasteiger partial charge in [0, 0.05) is 20.4 Å². The molecule has 15 heavy (non-hydrogen) atoms. The Morgan fingerprint density at radius 2 is 1.87 bits per heavy atom. The summed E-state index contributed by atoms with van der Waals surface area (Å²) in [5.74, 6) is 0. The molecule has 80 valence electrons. The van der Waals surface area contributed by atoms with Crippen LogP contribution in [0.25, 0.3) is 0 Å². The normalized spacial score (nSPS) is 25.0. The van der Waals surface area contributed by atoms with E-state index in [-0.39, 0.29) is 11.0 Å². The van der Waals surface area contributed by atoms with Crippen molar-refractivity contribution in [1.29, 1.82) is 0 Å². The number of nitrogens with two attached hydrogens (primary N) is 1. The predicted octanol–water partition coefficient (Wildman–Crippen LogP) is 3.63. The third-order valence-electron chi connectivity index (χ3n) is 3.94. The number of rotatable bonds is 2. The summed E-state index contributed by atoms with van der Waals surface area (Å²) in [5.41, 5.74) is 7.86. The van der Waals surface area contributed by atoms with Gasteiger partial charge in [-0.25, -0.2) is 0 Å². The summed E-state index contributed by atoms with van der Waals surface area (Å²) in [6, 6.07) is 6.17. The van der Waals surface area contributed by atoms with Gasteiger partial charge >= 0.3 is 0 Å². The van der Waals surface area contributed by atoms with Crippen molar-refractivity contribution in [1.82, 2.24) is 0 Å². The average molecular weight is 287 g/mol. The predicted molar refractivity (Wildman–Crippen MR) is 66.2 cm³/mol. The lowest BCUT2D eigenvalue weighted by Crippen LogP contribution is -2.37. The Morgan fingerprint density at radius 1 is 1.20 bits per heavy atom. The standard InChI is InChI=1S/C12H13BrClN/c13-8-1-2-9(10(14)7-8)11(3-4-11)12(15)5-6-12/h1-2,7H,3-6,15H2. The van der Waals surface area contributed by atoms with Crippen molar-refractivity contribution < 1.29 is 0 Å². The first-order valence-corrected chi connectivity index (χ1v) is 6.49. The highest BCUT2D eigenvalue weighted by Gasteiger charge is 2.64. The van der Waals surface area contributed by atoms with Gasteiger partial charge in [0.2, 0.25) is 0 Å². The molecule has 1 aromatic carbocycles. The van der Waals surface area contributed by atoms with Gasteiger partial charge in [-0.2, -0.15) is 0 Å². The summed E-state index contributed by atoms with van der Waals surface area (Å²) in [5, 5.41) is 0.860. The van der Waals surface area contributed by atoms with Crippen molar-refractivity contribution >= 4 is 27.5 Å². The molecule has 0 spiro atoms. The van der Waals surface area contributed by atoms with Gasteiger partial charge in [-0.1, -0.05) is 33.6 Å². The van der Waals surface area contributed by atoms with E-state index in [0.717, 1.165) is 22.3 Å². The van der Waals surface area contributed by atoms with Crippen LogP contribution in [0, 0.1) is 0 Å². The molecule has 0 saturated heterocycles. The van der Waals surface area contributed by atoms with Crippen molar-refractivity contribution in [3.8, 4) is 0 Å². The Hall–Kier alpha value is -0.0500. The van der Waals surface area contributed by atoms with Crippen LogP contribution in [0.5, 0.6) is 0 Å². The van der Waals surface area contributed by atoms with E-state index in [4.69, 9.17) is 17.3 Å². The van der Waals surface area contributed by atoms with Crippen LogP contribution >= 0.6 is 27.5 Å². The van der Waals surface area contributed by atoms with E-state index in [1.54, 1.807) is 0 Å².